The third kappa shape index (κ3) is 6.09. The molecule has 38 heavy (non-hydrogen) atoms. The van der Waals surface area contributed by atoms with Crippen LogP contribution in [0.25, 0.3) is 0 Å². The number of thioether (sulfide) groups is 2. The number of nitrogens with one attached hydrogen (secondary N) is 2. The monoisotopic (exact) mass is 674 g/mol. The molecule has 2 atom stereocenters. The van der Waals surface area contributed by atoms with Crippen LogP contribution in [0.4, 0.5) is 21.0 Å². The quantitative estimate of drug-likeness (QED) is 0.280. The van der Waals surface area contributed by atoms with E-state index in [1.807, 2.05) is 48.5 Å². The predicted molar refractivity (Wildman–Crippen MR) is 157 cm³/mol. The summed E-state index contributed by atoms with van der Waals surface area (Å²) < 4.78 is 1.84. The maximum atomic E-state index is 12.9. The summed E-state index contributed by atoms with van der Waals surface area (Å²) in [5.41, 5.74) is 3.03. The molecule has 2 fully saturated rings. The van der Waals surface area contributed by atoms with Gasteiger partial charge in [-0.1, -0.05) is 56.1 Å². The van der Waals surface area contributed by atoms with Gasteiger partial charge in [-0.25, -0.2) is 0 Å². The fraction of sp³-hybridized carbons (Fsp3) is 0.154. The Kier molecular flexibility index (Phi) is 8.12. The zero-order chi connectivity index (χ0) is 26.8. The first-order chi connectivity index (χ1) is 18.3. The van der Waals surface area contributed by atoms with Gasteiger partial charge < -0.3 is 10.6 Å². The van der Waals surface area contributed by atoms with Crippen LogP contribution in [0.15, 0.2) is 81.7 Å². The number of imide groups is 2. The van der Waals surface area contributed by atoms with Crippen LogP contribution in [0.2, 0.25) is 0 Å². The summed E-state index contributed by atoms with van der Waals surface area (Å²) in [6.45, 7) is 0.278. The van der Waals surface area contributed by atoms with E-state index in [1.165, 1.54) is 9.80 Å². The lowest BCUT2D eigenvalue weighted by molar-refractivity contribution is -0.127. The zero-order valence-corrected chi connectivity index (χ0v) is 24.4. The predicted octanol–water partition coefficient (Wildman–Crippen LogP) is 6.48. The minimum absolute atomic E-state index is 0.139. The van der Waals surface area contributed by atoms with Gasteiger partial charge in [-0.2, -0.15) is 0 Å². The summed E-state index contributed by atoms with van der Waals surface area (Å²) in [5, 5.41) is 4.18. The molecule has 2 saturated heterocycles. The molecule has 0 spiro atoms. The van der Waals surface area contributed by atoms with Crippen molar-refractivity contribution in [2.75, 3.05) is 10.6 Å². The van der Waals surface area contributed by atoms with Gasteiger partial charge in [-0.3, -0.25) is 29.0 Å². The Hall–Kier alpha value is -2.80. The Morgan fingerprint density at radius 2 is 0.921 bits per heavy atom. The Morgan fingerprint density at radius 3 is 1.26 bits per heavy atom. The molecule has 0 radical (unpaired) electrons. The van der Waals surface area contributed by atoms with Gasteiger partial charge >= 0.3 is 0 Å². The molecule has 2 aliphatic heterocycles. The summed E-state index contributed by atoms with van der Waals surface area (Å²) in [6.07, 6.45) is 0. The van der Waals surface area contributed by atoms with Crippen molar-refractivity contribution in [2.45, 2.75) is 23.8 Å². The van der Waals surface area contributed by atoms with Gasteiger partial charge in [-0.05, 0) is 83.2 Å². The second-order valence-corrected chi connectivity index (χ2v) is 12.4. The lowest BCUT2D eigenvalue weighted by Crippen LogP contribution is -2.34. The van der Waals surface area contributed by atoms with Crippen LogP contribution in [-0.2, 0) is 22.7 Å². The highest BCUT2D eigenvalue weighted by molar-refractivity contribution is 9.10. The average Bonchev–Trinajstić information content (AvgIpc) is 3.32. The molecule has 0 saturated carbocycles. The number of hydrogen-bond acceptors (Lipinski definition) is 8. The van der Waals surface area contributed by atoms with Gasteiger partial charge in [0.1, 0.15) is 0 Å². The first-order valence-corrected chi connectivity index (χ1v) is 14.8. The topological polar surface area (TPSA) is 98.8 Å². The van der Waals surface area contributed by atoms with E-state index in [0.29, 0.717) is 0 Å². The van der Waals surface area contributed by atoms with Crippen LogP contribution in [0.5, 0.6) is 0 Å². The number of hydrogen-bond donors (Lipinski definition) is 2. The summed E-state index contributed by atoms with van der Waals surface area (Å²) >= 11 is 8.65. The van der Waals surface area contributed by atoms with Crippen LogP contribution in [0, 0.1) is 0 Å². The lowest BCUT2D eigenvalue weighted by atomic mass is 10.1. The number of carbonyl (C=O) groups excluding carboxylic acids is 4. The first kappa shape index (κ1) is 26.8. The molecule has 2 N–H and O–H groups in total. The smallest absolute Gasteiger partial charge is 0.291 e. The SMILES string of the molecule is O=C1S[C@@H](Nc2ccc(Br)cc2)C(=O)N1Cc1ccc(CN2C(=O)S[C@H](Nc3ccc(Br)cc3)C2=O)cc1. The molecule has 4 amide bonds. The highest BCUT2D eigenvalue weighted by Crippen LogP contribution is 2.32. The molecular weight excluding hydrogens is 656 g/mol. The minimum atomic E-state index is -0.688. The van der Waals surface area contributed by atoms with E-state index in [9.17, 15) is 19.2 Å². The number of carbonyl (C=O) groups is 4. The Balaban J connectivity index is 1.17. The van der Waals surface area contributed by atoms with E-state index in [4.69, 9.17) is 0 Å². The standard InChI is InChI=1S/C26H20Br2N4O4S2/c27-17-5-9-19(10-6-17)29-21-23(33)31(25(35)37-21)13-15-1-2-16(4-3-15)14-32-24(34)22(38-26(32)36)30-20-11-7-18(28)8-12-20/h1-12,21-22,29-30H,13-14H2/t21-,22+. The van der Waals surface area contributed by atoms with Crippen LogP contribution in [0.1, 0.15) is 11.1 Å². The van der Waals surface area contributed by atoms with Crippen molar-refractivity contribution in [3.05, 3.63) is 92.9 Å². The molecule has 5 rings (SSSR count). The minimum Gasteiger partial charge on any atom is -0.365 e. The van der Waals surface area contributed by atoms with Crippen LogP contribution in [0.3, 0.4) is 0 Å². The van der Waals surface area contributed by atoms with Gasteiger partial charge in [0.2, 0.25) is 0 Å². The molecule has 2 heterocycles. The number of rotatable bonds is 8. The van der Waals surface area contributed by atoms with E-state index in [-0.39, 0.29) is 35.4 Å². The zero-order valence-electron chi connectivity index (χ0n) is 19.6. The van der Waals surface area contributed by atoms with Gasteiger partial charge in [0.15, 0.2) is 10.7 Å². The summed E-state index contributed by atoms with van der Waals surface area (Å²) in [7, 11) is 0. The normalized spacial score (nSPS) is 19.4. The van der Waals surface area contributed by atoms with E-state index >= 15 is 0 Å². The molecule has 0 bridgehead atoms. The molecule has 0 aromatic heterocycles. The van der Waals surface area contributed by atoms with Crippen molar-refractivity contribution in [2.24, 2.45) is 0 Å². The fourth-order valence-electron chi connectivity index (χ4n) is 3.87. The van der Waals surface area contributed by atoms with Crippen molar-refractivity contribution in [3.63, 3.8) is 0 Å². The molecule has 3 aromatic rings. The molecule has 8 nitrogen and oxygen atoms in total. The number of amides is 4. The molecule has 0 unspecified atom stereocenters. The Morgan fingerprint density at radius 1 is 0.579 bits per heavy atom. The summed E-state index contributed by atoms with van der Waals surface area (Å²) in [4.78, 5) is 53.2. The molecular formula is C26H20Br2N4O4S2. The molecule has 194 valence electrons. The van der Waals surface area contributed by atoms with E-state index in [1.54, 1.807) is 24.3 Å². The molecule has 3 aromatic carbocycles. The van der Waals surface area contributed by atoms with Crippen molar-refractivity contribution >= 4 is 89.1 Å². The Bertz CT molecular complexity index is 1280. The summed E-state index contributed by atoms with van der Waals surface area (Å²) in [5.74, 6) is -0.608. The Labute approximate surface area is 244 Å². The fourth-order valence-corrected chi connectivity index (χ4v) is 6.21. The van der Waals surface area contributed by atoms with Crippen molar-refractivity contribution in [1.29, 1.82) is 0 Å². The van der Waals surface area contributed by atoms with Gasteiger partial charge in [0.25, 0.3) is 22.3 Å². The van der Waals surface area contributed by atoms with Crippen molar-refractivity contribution in [3.8, 4) is 0 Å². The van der Waals surface area contributed by atoms with Gasteiger partial charge in [-0.15, -0.1) is 0 Å². The second-order valence-electron chi connectivity index (χ2n) is 8.50. The first-order valence-electron chi connectivity index (χ1n) is 11.4. The third-order valence-corrected chi connectivity index (χ3v) is 8.86. The van der Waals surface area contributed by atoms with E-state index in [0.717, 1.165) is 55.0 Å². The third-order valence-electron chi connectivity index (χ3n) is 5.85. The highest BCUT2D eigenvalue weighted by atomic mass is 79.9. The average molecular weight is 676 g/mol. The van der Waals surface area contributed by atoms with Gasteiger partial charge in [0, 0.05) is 20.3 Å². The van der Waals surface area contributed by atoms with Gasteiger partial charge in [0.05, 0.1) is 13.1 Å². The number of nitrogens with zero attached hydrogens (tertiary/aromatic N) is 2. The maximum absolute atomic E-state index is 12.9. The van der Waals surface area contributed by atoms with Crippen molar-refractivity contribution < 1.29 is 19.2 Å². The molecule has 2 aliphatic rings. The molecule has 12 heteroatoms. The lowest BCUT2D eigenvalue weighted by Gasteiger charge is -2.17. The second kappa shape index (κ2) is 11.5. The highest BCUT2D eigenvalue weighted by Gasteiger charge is 2.41. The number of anilines is 2. The van der Waals surface area contributed by atoms with E-state index in [2.05, 4.69) is 42.5 Å². The van der Waals surface area contributed by atoms with Crippen LogP contribution in [-0.4, -0.2) is 42.8 Å². The van der Waals surface area contributed by atoms with E-state index < -0.39 is 10.7 Å². The summed E-state index contributed by atoms with van der Waals surface area (Å²) in [6, 6.07) is 21.9. The number of benzene rings is 3. The maximum Gasteiger partial charge on any atom is 0.291 e. The number of halogens is 2. The van der Waals surface area contributed by atoms with Crippen molar-refractivity contribution in [1.82, 2.24) is 9.80 Å². The van der Waals surface area contributed by atoms with Crippen LogP contribution < -0.4 is 10.6 Å². The largest absolute Gasteiger partial charge is 0.365 e. The van der Waals surface area contributed by atoms with Crippen LogP contribution >= 0.6 is 55.4 Å². The molecule has 0 aliphatic carbocycles.